The Morgan fingerprint density at radius 2 is 2.00 bits per heavy atom. The van der Waals surface area contributed by atoms with Gasteiger partial charge >= 0.3 is 0 Å². The number of hydrogen-bond donors (Lipinski definition) is 2. The Morgan fingerprint density at radius 1 is 1.19 bits per heavy atom. The Hall–Kier alpha value is -3.63. The Labute approximate surface area is 185 Å². The summed E-state index contributed by atoms with van der Waals surface area (Å²) in [5.41, 5.74) is -0.0265. The van der Waals surface area contributed by atoms with Gasteiger partial charge < -0.3 is 15.0 Å². The molecule has 0 unspecified atom stereocenters. The third-order valence-corrected chi connectivity index (χ3v) is 5.17. The molecule has 0 aliphatic rings. The number of rotatable bonds is 6. The molecule has 4 rings (SSSR count). The SMILES string of the molecule is Cn1nccc1Nc1ncc(F)c(-c2ccn([C@H](CO)c3ccc(Cl)c(F)c3)c(=O)c2)n1. The summed E-state index contributed by atoms with van der Waals surface area (Å²) in [5, 5.41) is 16.7. The van der Waals surface area contributed by atoms with Gasteiger partial charge in [0.25, 0.3) is 5.56 Å². The molecule has 1 aromatic carbocycles. The summed E-state index contributed by atoms with van der Waals surface area (Å²) >= 11 is 5.71. The van der Waals surface area contributed by atoms with Crippen molar-refractivity contribution >= 4 is 23.4 Å². The van der Waals surface area contributed by atoms with E-state index in [-0.39, 0.29) is 22.2 Å². The number of halogens is 3. The monoisotopic (exact) mass is 458 g/mol. The summed E-state index contributed by atoms with van der Waals surface area (Å²) in [5.74, 6) is -0.655. The number of aromatic nitrogens is 5. The van der Waals surface area contributed by atoms with Gasteiger partial charge in [0.15, 0.2) is 5.82 Å². The summed E-state index contributed by atoms with van der Waals surface area (Å²) < 4.78 is 31.1. The highest BCUT2D eigenvalue weighted by atomic mass is 35.5. The Morgan fingerprint density at radius 3 is 2.66 bits per heavy atom. The van der Waals surface area contributed by atoms with Gasteiger partial charge in [-0.15, -0.1) is 0 Å². The molecule has 0 amide bonds. The van der Waals surface area contributed by atoms with Crippen LogP contribution in [0.15, 0.2) is 59.8 Å². The average Bonchev–Trinajstić information content (AvgIpc) is 3.18. The number of aliphatic hydroxyl groups is 1. The first-order valence-electron chi connectivity index (χ1n) is 9.43. The van der Waals surface area contributed by atoms with Crippen molar-refractivity contribution in [2.24, 2.45) is 7.05 Å². The highest BCUT2D eigenvalue weighted by molar-refractivity contribution is 6.30. The van der Waals surface area contributed by atoms with Crippen LogP contribution in [0.1, 0.15) is 11.6 Å². The second kappa shape index (κ2) is 8.85. The summed E-state index contributed by atoms with van der Waals surface area (Å²) in [4.78, 5) is 20.9. The number of nitrogens with one attached hydrogen (secondary N) is 1. The second-order valence-corrected chi connectivity index (χ2v) is 7.30. The van der Waals surface area contributed by atoms with Gasteiger partial charge in [-0.25, -0.2) is 18.7 Å². The summed E-state index contributed by atoms with van der Waals surface area (Å²) in [6, 6.07) is 7.55. The molecule has 2 N–H and O–H groups in total. The van der Waals surface area contributed by atoms with Gasteiger partial charge in [-0.3, -0.25) is 9.48 Å². The standard InChI is InChI=1S/C21H17ClF2N6O2/c1-29-18(4-6-26-29)27-21-25-10-16(24)20(28-21)13-5-7-30(19(32)9-13)17(11-31)12-2-3-14(22)15(23)8-12/h2-10,17,31H,11H2,1H3,(H,25,27,28)/t17-/m1/s1. The summed E-state index contributed by atoms with van der Waals surface area (Å²) in [6.45, 7) is -0.457. The first kappa shape index (κ1) is 21.6. The molecule has 3 aromatic heterocycles. The fourth-order valence-corrected chi connectivity index (χ4v) is 3.33. The third kappa shape index (κ3) is 4.23. The maximum Gasteiger partial charge on any atom is 0.251 e. The van der Waals surface area contributed by atoms with Crippen molar-refractivity contribution < 1.29 is 13.9 Å². The Balaban J connectivity index is 1.68. The number of aliphatic hydroxyl groups excluding tert-OH is 1. The summed E-state index contributed by atoms with van der Waals surface area (Å²) in [7, 11) is 1.72. The number of anilines is 2. The lowest BCUT2D eigenvalue weighted by Crippen LogP contribution is -2.27. The molecule has 164 valence electrons. The van der Waals surface area contributed by atoms with Crippen molar-refractivity contribution in [1.29, 1.82) is 0 Å². The van der Waals surface area contributed by atoms with E-state index in [4.69, 9.17) is 11.6 Å². The predicted molar refractivity (Wildman–Crippen MR) is 115 cm³/mol. The van der Waals surface area contributed by atoms with Crippen LogP contribution in [0.25, 0.3) is 11.3 Å². The molecule has 0 aliphatic heterocycles. The van der Waals surface area contributed by atoms with Crippen LogP contribution < -0.4 is 10.9 Å². The zero-order valence-electron chi connectivity index (χ0n) is 16.7. The topological polar surface area (TPSA) is 97.9 Å². The largest absolute Gasteiger partial charge is 0.394 e. The van der Waals surface area contributed by atoms with E-state index in [0.29, 0.717) is 11.4 Å². The van der Waals surface area contributed by atoms with Gasteiger partial charge in [0.05, 0.1) is 30.1 Å². The lowest BCUT2D eigenvalue weighted by Gasteiger charge is -2.18. The minimum atomic E-state index is -0.847. The van der Waals surface area contributed by atoms with E-state index in [2.05, 4.69) is 20.4 Å². The smallest absolute Gasteiger partial charge is 0.251 e. The van der Waals surface area contributed by atoms with Crippen LogP contribution in [0.5, 0.6) is 0 Å². The molecule has 0 aliphatic carbocycles. The van der Waals surface area contributed by atoms with Crippen LogP contribution in [0, 0.1) is 11.6 Å². The quantitative estimate of drug-likeness (QED) is 0.460. The van der Waals surface area contributed by atoms with Crippen molar-refractivity contribution in [3.8, 4) is 11.3 Å². The second-order valence-electron chi connectivity index (χ2n) is 6.89. The zero-order valence-corrected chi connectivity index (χ0v) is 17.5. The van der Waals surface area contributed by atoms with Crippen LogP contribution in [0.3, 0.4) is 0 Å². The average molecular weight is 459 g/mol. The van der Waals surface area contributed by atoms with E-state index in [1.165, 1.54) is 35.0 Å². The van der Waals surface area contributed by atoms with E-state index in [1.807, 2.05) is 0 Å². The molecule has 3 heterocycles. The lowest BCUT2D eigenvalue weighted by molar-refractivity contribution is 0.247. The fourth-order valence-electron chi connectivity index (χ4n) is 3.21. The van der Waals surface area contributed by atoms with E-state index < -0.39 is 29.8 Å². The van der Waals surface area contributed by atoms with Gasteiger partial charge in [-0.2, -0.15) is 5.10 Å². The molecule has 0 spiro atoms. The van der Waals surface area contributed by atoms with Crippen LogP contribution in [-0.4, -0.2) is 36.0 Å². The number of nitrogens with zero attached hydrogens (tertiary/aromatic N) is 5. The van der Waals surface area contributed by atoms with Crippen molar-refractivity contribution in [3.05, 3.63) is 87.6 Å². The van der Waals surface area contributed by atoms with Crippen LogP contribution in [-0.2, 0) is 7.05 Å². The maximum absolute atomic E-state index is 14.4. The van der Waals surface area contributed by atoms with Gasteiger partial charge in [0.2, 0.25) is 5.95 Å². The highest BCUT2D eigenvalue weighted by Gasteiger charge is 2.18. The molecule has 4 aromatic rings. The molecule has 11 heteroatoms. The van der Waals surface area contributed by atoms with Crippen molar-refractivity contribution in [3.63, 3.8) is 0 Å². The Kier molecular flexibility index (Phi) is 5.97. The van der Waals surface area contributed by atoms with Gasteiger partial charge in [0, 0.05) is 30.9 Å². The van der Waals surface area contributed by atoms with Crippen LogP contribution in [0.2, 0.25) is 5.02 Å². The van der Waals surface area contributed by atoms with Crippen molar-refractivity contribution in [2.75, 3.05) is 11.9 Å². The normalized spacial score (nSPS) is 12.0. The molecule has 0 fully saturated rings. The van der Waals surface area contributed by atoms with Crippen molar-refractivity contribution in [2.45, 2.75) is 6.04 Å². The van der Waals surface area contributed by atoms with Crippen LogP contribution in [0.4, 0.5) is 20.5 Å². The molecule has 0 radical (unpaired) electrons. The summed E-state index contributed by atoms with van der Waals surface area (Å²) in [6.07, 6.45) is 3.97. The zero-order chi connectivity index (χ0) is 22.8. The molecule has 0 saturated carbocycles. The molecule has 0 saturated heterocycles. The van der Waals surface area contributed by atoms with E-state index in [0.717, 1.165) is 12.3 Å². The highest BCUT2D eigenvalue weighted by Crippen LogP contribution is 2.24. The molecule has 1 atom stereocenters. The van der Waals surface area contributed by atoms with Gasteiger partial charge in [0.1, 0.15) is 17.3 Å². The number of pyridine rings is 1. The molecule has 32 heavy (non-hydrogen) atoms. The molecular formula is C21H17ClF2N6O2. The lowest BCUT2D eigenvalue weighted by atomic mass is 10.1. The fraction of sp³-hybridized carbons (Fsp3) is 0.143. The van der Waals surface area contributed by atoms with Crippen LogP contribution >= 0.6 is 11.6 Å². The first-order chi connectivity index (χ1) is 15.4. The van der Waals surface area contributed by atoms with Gasteiger partial charge in [-0.05, 0) is 23.8 Å². The predicted octanol–water partition coefficient (Wildman–Crippen LogP) is 3.30. The minimum Gasteiger partial charge on any atom is -0.394 e. The van der Waals surface area contributed by atoms with E-state index in [9.17, 15) is 18.7 Å². The molecular weight excluding hydrogens is 442 g/mol. The first-order valence-corrected chi connectivity index (χ1v) is 9.81. The maximum atomic E-state index is 14.4. The number of aryl methyl sites for hydroxylation is 1. The number of hydrogen-bond acceptors (Lipinski definition) is 6. The Bertz CT molecular complexity index is 1340. The number of benzene rings is 1. The molecule has 8 nitrogen and oxygen atoms in total. The minimum absolute atomic E-state index is 0.0668. The van der Waals surface area contributed by atoms with E-state index >= 15 is 0 Å². The van der Waals surface area contributed by atoms with Gasteiger partial charge in [-0.1, -0.05) is 17.7 Å². The van der Waals surface area contributed by atoms with Crippen molar-refractivity contribution in [1.82, 2.24) is 24.3 Å². The molecule has 0 bridgehead atoms. The van der Waals surface area contributed by atoms with E-state index in [1.54, 1.807) is 24.0 Å². The third-order valence-electron chi connectivity index (χ3n) is 4.86.